The third-order valence-electron chi connectivity index (χ3n) is 3.70. The zero-order valence-electron chi connectivity index (χ0n) is 12.3. The molecule has 5 nitrogen and oxygen atoms in total. The summed E-state index contributed by atoms with van der Waals surface area (Å²) >= 11 is 0. The van der Waals surface area contributed by atoms with E-state index in [0.29, 0.717) is 5.56 Å². The van der Waals surface area contributed by atoms with E-state index in [-0.39, 0.29) is 17.5 Å². The quantitative estimate of drug-likeness (QED) is 0.836. The average Bonchev–Trinajstić information content (AvgIpc) is 2.71. The predicted molar refractivity (Wildman–Crippen MR) is 75.1 cm³/mol. The monoisotopic (exact) mass is 264 g/mol. The molecule has 5 heteroatoms. The summed E-state index contributed by atoms with van der Waals surface area (Å²) in [5, 5.41) is 4.36. The van der Waals surface area contributed by atoms with Gasteiger partial charge in [-0.05, 0) is 40.5 Å². The largest absolute Gasteiger partial charge is 0.338 e. The van der Waals surface area contributed by atoms with Crippen molar-refractivity contribution in [3.8, 4) is 0 Å². The number of aromatic nitrogens is 2. The Hall–Kier alpha value is -1.36. The van der Waals surface area contributed by atoms with Crippen LogP contribution in [0.5, 0.6) is 0 Å². The number of piperidine rings is 1. The van der Waals surface area contributed by atoms with E-state index in [0.717, 1.165) is 31.6 Å². The van der Waals surface area contributed by atoms with Gasteiger partial charge in [0.2, 0.25) is 0 Å². The molecule has 2 heterocycles. The number of carbonyl (C=O) groups excluding carboxylic acids is 1. The van der Waals surface area contributed by atoms with E-state index < -0.39 is 0 Å². The highest BCUT2D eigenvalue weighted by Crippen LogP contribution is 2.20. The molecule has 0 atom stereocenters. The van der Waals surface area contributed by atoms with Crippen molar-refractivity contribution >= 4 is 5.91 Å². The Morgan fingerprint density at radius 2 is 1.95 bits per heavy atom. The van der Waals surface area contributed by atoms with Crippen molar-refractivity contribution in [3.63, 3.8) is 0 Å². The number of nitrogens with zero attached hydrogens (tertiary/aromatic N) is 3. The second-order valence-corrected chi connectivity index (χ2v) is 6.36. The summed E-state index contributed by atoms with van der Waals surface area (Å²) in [6, 6.07) is 0.238. The summed E-state index contributed by atoms with van der Waals surface area (Å²) < 4.78 is 1.91. The first kappa shape index (κ1) is 14.1. The molecule has 1 aliphatic heterocycles. The zero-order chi connectivity index (χ0) is 14.2. The summed E-state index contributed by atoms with van der Waals surface area (Å²) in [6.07, 6.45) is 3.47. The van der Waals surface area contributed by atoms with Gasteiger partial charge in [0.1, 0.15) is 0 Å². The minimum atomic E-state index is -0.104. The van der Waals surface area contributed by atoms with E-state index in [9.17, 15) is 4.79 Å². The van der Waals surface area contributed by atoms with Crippen LogP contribution in [0.3, 0.4) is 0 Å². The van der Waals surface area contributed by atoms with Crippen molar-refractivity contribution in [3.05, 3.63) is 17.5 Å². The maximum absolute atomic E-state index is 12.5. The first-order chi connectivity index (χ1) is 8.80. The molecule has 0 spiro atoms. The van der Waals surface area contributed by atoms with Crippen molar-refractivity contribution < 1.29 is 4.79 Å². The molecule has 1 fully saturated rings. The molecule has 0 aliphatic carbocycles. The Morgan fingerprint density at radius 1 is 1.37 bits per heavy atom. The van der Waals surface area contributed by atoms with Crippen LogP contribution in [0, 0.1) is 6.92 Å². The number of likely N-dealkylation sites (tertiary alicyclic amines) is 1. The third kappa shape index (κ3) is 2.81. The van der Waals surface area contributed by atoms with E-state index in [1.54, 1.807) is 6.20 Å². The van der Waals surface area contributed by atoms with Crippen LogP contribution in [0.4, 0.5) is 0 Å². The van der Waals surface area contributed by atoms with Crippen molar-refractivity contribution in [2.24, 2.45) is 5.73 Å². The molecule has 1 amide bonds. The first-order valence-electron chi connectivity index (χ1n) is 6.90. The first-order valence-corrected chi connectivity index (χ1v) is 6.90. The summed E-state index contributed by atoms with van der Waals surface area (Å²) in [5.41, 5.74) is 7.42. The van der Waals surface area contributed by atoms with Crippen LogP contribution < -0.4 is 5.73 Å². The predicted octanol–water partition coefficient (Wildman–Crippen LogP) is 1.51. The summed E-state index contributed by atoms with van der Waals surface area (Å²) in [6.45, 7) is 9.71. The Bertz CT molecular complexity index is 464. The highest BCUT2D eigenvalue weighted by atomic mass is 16.2. The van der Waals surface area contributed by atoms with Crippen molar-refractivity contribution in [1.29, 1.82) is 0 Å². The normalized spacial score (nSPS) is 17.8. The van der Waals surface area contributed by atoms with Gasteiger partial charge in [0.05, 0.1) is 17.3 Å². The molecule has 0 radical (unpaired) electrons. The Kier molecular flexibility index (Phi) is 3.67. The fourth-order valence-corrected chi connectivity index (χ4v) is 2.57. The fourth-order valence-electron chi connectivity index (χ4n) is 2.57. The van der Waals surface area contributed by atoms with Gasteiger partial charge >= 0.3 is 0 Å². The number of hydrogen-bond acceptors (Lipinski definition) is 3. The van der Waals surface area contributed by atoms with E-state index >= 15 is 0 Å². The number of hydrogen-bond donors (Lipinski definition) is 1. The lowest BCUT2D eigenvalue weighted by Gasteiger charge is -2.30. The van der Waals surface area contributed by atoms with E-state index in [1.165, 1.54) is 0 Å². The van der Waals surface area contributed by atoms with Gasteiger partial charge in [0.15, 0.2) is 0 Å². The number of rotatable bonds is 1. The number of carbonyl (C=O) groups is 1. The molecular formula is C14H24N4O. The van der Waals surface area contributed by atoms with Crippen LogP contribution in [-0.4, -0.2) is 39.7 Å². The average molecular weight is 264 g/mol. The van der Waals surface area contributed by atoms with E-state index in [4.69, 9.17) is 5.73 Å². The van der Waals surface area contributed by atoms with Gasteiger partial charge in [-0.15, -0.1) is 0 Å². The Balaban J connectivity index is 2.19. The Morgan fingerprint density at radius 3 is 2.42 bits per heavy atom. The van der Waals surface area contributed by atoms with E-state index in [2.05, 4.69) is 25.9 Å². The molecule has 0 unspecified atom stereocenters. The summed E-state index contributed by atoms with van der Waals surface area (Å²) in [5.74, 6) is 0.0832. The highest BCUT2D eigenvalue weighted by Gasteiger charge is 2.26. The highest BCUT2D eigenvalue weighted by molar-refractivity contribution is 5.95. The molecule has 1 aliphatic rings. The second-order valence-electron chi connectivity index (χ2n) is 6.36. The van der Waals surface area contributed by atoms with Gasteiger partial charge in [0, 0.05) is 24.8 Å². The molecule has 0 saturated carbocycles. The second kappa shape index (κ2) is 4.96. The third-order valence-corrected chi connectivity index (χ3v) is 3.70. The zero-order valence-corrected chi connectivity index (χ0v) is 12.3. The van der Waals surface area contributed by atoms with Crippen LogP contribution in [-0.2, 0) is 5.54 Å². The van der Waals surface area contributed by atoms with Crippen LogP contribution >= 0.6 is 0 Å². The van der Waals surface area contributed by atoms with Crippen molar-refractivity contribution in [2.45, 2.75) is 52.1 Å². The van der Waals surface area contributed by atoms with Crippen LogP contribution in [0.2, 0.25) is 0 Å². The van der Waals surface area contributed by atoms with Crippen molar-refractivity contribution in [1.82, 2.24) is 14.7 Å². The molecule has 1 aromatic rings. The van der Waals surface area contributed by atoms with Crippen LogP contribution in [0.15, 0.2) is 6.20 Å². The van der Waals surface area contributed by atoms with Gasteiger partial charge in [-0.2, -0.15) is 5.10 Å². The minimum Gasteiger partial charge on any atom is -0.338 e. The maximum atomic E-state index is 12.5. The molecule has 19 heavy (non-hydrogen) atoms. The lowest BCUT2D eigenvalue weighted by atomic mass is 10.0. The van der Waals surface area contributed by atoms with Gasteiger partial charge in [0.25, 0.3) is 5.91 Å². The van der Waals surface area contributed by atoms with Crippen LogP contribution in [0.25, 0.3) is 0 Å². The fraction of sp³-hybridized carbons (Fsp3) is 0.714. The van der Waals surface area contributed by atoms with Gasteiger partial charge < -0.3 is 10.6 Å². The molecule has 1 saturated heterocycles. The van der Waals surface area contributed by atoms with Crippen LogP contribution in [0.1, 0.15) is 49.7 Å². The van der Waals surface area contributed by atoms with Crippen molar-refractivity contribution in [2.75, 3.05) is 13.1 Å². The summed E-state index contributed by atoms with van der Waals surface area (Å²) in [7, 11) is 0. The molecule has 2 rings (SSSR count). The smallest absolute Gasteiger partial charge is 0.257 e. The van der Waals surface area contributed by atoms with Gasteiger partial charge in [-0.3, -0.25) is 9.48 Å². The SMILES string of the molecule is Cc1c(C(=O)N2CCC(N)CC2)cnn1C(C)(C)C. The Labute approximate surface area is 114 Å². The number of amides is 1. The van der Waals surface area contributed by atoms with E-state index in [1.807, 2.05) is 16.5 Å². The number of nitrogens with two attached hydrogens (primary N) is 1. The molecule has 106 valence electrons. The lowest BCUT2D eigenvalue weighted by molar-refractivity contribution is 0.0713. The van der Waals surface area contributed by atoms with Gasteiger partial charge in [-0.25, -0.2) is 0 Å². The molecule has 0 aromatic carbocycles. The topological polar surface area (TPSA) is 64.2 Å². The molecule has 1 aromatic heterocycles. The maximum Gasteiger partial charge on any atom is 0.257 e. The molecule has 0 bridgehead atoms. The summed E-state index contributed by atoms with van der Waals surface area (Å²) in [4.78, 5) is 14.4. The molecule has 2 N–H and O–H groups in total. The molecular weight excluding hydrogens is 240 g/mol. The standard InChI is InChI=1S/C14H24N4O/c1-10-12(9-16-18(10)14(2,3)4)13(19)17-7-5-11(15)6-8-17/h9,11H,5-8,15H2,1-4H3. The lowest BCUT2D eigenvalue weighted by Crippen LogP contribution is -2.43. The van der Waals surface area contributed by atoms with Gasteiger partial charge in [-0.1, -0.05) is 0 Å². The minimum absolute atomic E-state index is 0.0832.